The van der Waals surface area contributed by atoms with Crippen molar-refractivity contribution in [1.82, 2.24) is 9.13 Å². The van der Waals surface area contributed by atoms with Crippen LogP contribution in [0, 0.1) is 0 Å². The Balaban J connectivity index is 1.64. The van der Waals surface area contributed by atoms with Gasteiger partial charge in [-0.05, 0) is 42.3 Å². The lowest BCUT2D eigenvalue weighted by atomic mass is 9.91. The van der Waals surface area contributed by atoms with Crippen molar-refractivity contribution in [2.24, 2.45) is 12.0 Å². The second-order valence-electron chi connectivity index (χ2n) is 9.08. The standard InChI is InChI=1S/C30H25N3O3S/c1-4-36-29(35)26-18(2)31-30-33(27(26)23-14-9-11-19-10-5-6-12-21(19)23)28(34)25(37-30)16-20-17-32(3)24-15-8-7-13-22(20)24/h5-17,27H,4H2,1-3H3/b25-16-. The Morgan fingerprint density at radius 3 is 2.59 bits per heavy atom. The van der Waals surface area contributed by atoms with Crippen molar-refractivity contribution < 1.29 is 9.53 Å². The smallest absolute Gasteiger partial charge is 0.338 e. The summed E-state index contributed by atoms with van der Waals surface area (Å²) in [6.07, 6.45) is 3.95. The maximum atomic E-state index is 14.0. The first kappa shape index (κ1) is 23.2. The number of thiazole rings is 1. The number of esters is 1. The first-order chi connectivity index (χ1) is 18.0. The molecule has 0 aliphatic carbocycles. The zero-order chi connectivity index (χ0) is 25.7. The minimum atomic E-state index is -0.643. The molecule has 37 heavy (non-hydrogen) atoms. The summed E-state index contributed by atoms with van der Waals surface area (Å²) in [7, 11) is 2.00. The van der Waals surface area contributed by atoms with Crippen LogP contribution in [0.4, 0.5) is 0 Å². The number of ether oxygens (including phenoxy) is 1. The van der Waals surface area contributed by atoms with E-state index < -0.39 is 12.0 Å². The van der Waals surface area contributed by atoms with Gasteiger partial charge in [0.25, 0.3) is 5.56 Å². The molecule has 0 spiro atoms. The number of benzene rings is 3. The van der Waals surface area contributed by atoms with Gasteiger partial charge < -0.3 is 9.30 Å². The van der Waals surface area contributed by atoms with E-state index in [2.05, 4.69) is 16.7 Å². The van der Waals surface area contributed by atoms with E-state index in [4.69, 9.17) is 9.73 Å². The van der Waals surface area contributed by atoms with Crippen LogP contribution in [0.25, 0.3) is 27.8 Å². The second-order valence-corrected chi connectivity index (χ2v) is 10.1. The number of carbonyl (C=O) groups is 1. The molecule has 6 nitrogen and oxygen atoms in total. The molecule has 1 aliphatic rings. The molecular formula is C30H25N3O3S. The zero-order valence-electron chi connectivity index (χ0n) is 20.8. The Hall–Kier alpha value is -4.23. The van der Waals surface area contributed by atoms with Crippen LogP contribution in [0.5, 0.6) is 0 Å². The molecule has 3 aromatic carbocycles. The third-order valence-electron chi connectivity index (χ3n) is 6.85. The van der Waals surface area contributed by atoms with E-state index in [1.807, 2.05) is 80.8 Å². The number of rotatable bonds is 4. The van der Waals surface area contributed by atoms with E-state index in [0.717, 1.165) is 32.8 Å². The van der Waals surface area contributed by atoms with Gasteiger partial charge in [0, 0.05) is 29.7 Å². The van der Waals surface area contributed by atoms with Crippen molar-refractivity contribution in [3.8, 4) is 0 Å². The number of hydrogen-bond donors (Lipinski definition) is 0. The van der Waals surface area contributed by atoms with Crippen LogP contribution >= 0.6 is 11.3 Å². The molecule has 6 rings (SSSR count). The molecule has 1 atom stereocenters. The van der Waals surface area contributed by atoms with Crippen molar-refractivity contribution in [2.45, 2.75) is 19.9 Å². The van der Waals surface area contributed by atoms with E-state index in [1.165, 1.54) is 11.3 Å². The molecule has 3 heterocycles. The van der Waals surface area contributed by atoms with Crippen LogP contribution in [0.3, 0.4) is 0 Å². The van der Waals surface area contributed by atoms with Crippen molar-refractivity contribution in [3.05, 3.63) is 115 Å². The highest BCUT2D eigenvalue weighted by Gasteiger charge is 2.34. The van der Waals surface area contributed by atoms with Crippen LogP contribution in [0.2, 0.25) is 0 Å². The summed E-state index contributed by atoms with van der Waals surface area (Å²) in [5.74, 6) is -0.454. The van der Waals surface area contributed by atoms with Crippen LogP contribution in [-0.2, 0) is 16.6 Å². The number of aryl methyl sites for hydroxylation is 1. The number of allylic oxidation sites excluding steroid dienone is 1. The van der Waals surface area contributed by atoms with Crippen LogP contribution in [-0.4, -0.2) is 21.7 Å². The van der Waals surface area contributed by atoms with Gasteiger partial charge in [0.05, 0.1) is 28.5 Å². The Kier molecular flexibility index (Phi) is 5.65. The minimum absolute atomic E-state index is 0.177. The summed E-state index contributed by atoms with van der Waals surface area (Å²) < 4.78 is 9.72. The third-order valence-corrected chi connectivity index (χ3v) is 7.83. The van der Waals surface area contributed by atoms with Crippen LogP contribution < -0.4 is 14.9 Å². The summed E-state index contributed by atoms with van der Waals surface area (Å²) in [4.78, 5) is 32.5. The maximum absolute atomic E-state index is 14.0. The minimum Gasteiger partial charge on any atom is -0.463 e. The Morgan fingerprint density at radius 1 is 1.05 bits per heavy atom. The Labute approximate surface area is 217 Å². The summed E-state index contributed by atoms with van der Waals surface area (Å²) in [6.45, 7) is 3.83. The highest BCUT2D eigenvalue weighted by atomic mass is 32.1. The highest BCUT2D eigenvalue weighted by molar-refractivity contribution is 7.07. The van der Waals surface area contributed by atoms with Crippen LogP contribution in [0.15, 0.2) is 94.0 Å². The summed E-state index contributed by atoms with van der Waals surface area (Å²) in [5.41, 5.74) is 3.70. The highest BCUT2D eigenvalue weighted by Crippen LogP contribution is 2.34. The fourth-order valence-corrected chi connectivity index (χ4v) is 6.24. The topological polar surface area (TPSA) is 65.6 Å². The van der Waals surface area contributed by atoms with Gasteiger partial charge in [-0.15, -0.1) is 0 Å². The fraction of sp³-hybridized carbons (Fsp3) is 0.167. The fourth-order valence-electron chi connectivity index (χ4n) is 5.20. The molecule has 0 saturated carbocycles. The van der Waals surface area contributed by atoms with E-state index in [1.54, 1.807) is 11.5 Å². The van der Waals surface area contributed by atoms with E-state index in [9.17, 15) is 9.59 Å². The van der Waals surface area contributed by atoms with Gasteiger partial charge in [-0.3, -0.25) is 9.36 Å². The van der Waals surface area contributed by atoms with E-state index in [0.29, 0.717) is 20.6 Å². The van der Waals surface area contributed by atoms with Crippen LogP contribution in [0.1, 0.15) is 31.0 Å². The van der Waals surface area contributed by atoms with Crippen molar-refractivity contribution >= 4 is 45.1 Å². The van der Waals surface area contributed by atoms with Crippen molar-refractivity contribution in [3.63, 3.8) is 0 Å². The summed E-state index contributed by atoms with van der Waals surface area (Å²) >= 11 is 1.34. The van der Waals surface area contributed by atoms with Gasteiger partial charge >= 0.3 is 5.97 Å². The molecule has 7 heteroatoms. The lowest BCUT2D eigenvalue weighted by molar-refractivity contribution is -0.139. The summed E-state index contributed by atoms with van der Waals surface area (Å²) in [5, 5.41) is 3.09. The number of aromatic nitrogens is 2. The molecule has 0 N–H and O–H groups in total. The third kappa shape index (κ3) is 3.74. The molecule has 0 radical (unpaired) electrons. The molecule has 0 bridgehead atoms. The largest absolute Gasteiger partial charge is 0.463 e. The average molecular weight is 508 g/mol. The molecule has 1 aliphatic heterocycles. The first-order valence-corrected chi connectivity index (χ1v) is 13.0. The molecular weight excluding hydrogens is 482 g/mol. The van der Waals surface area contributed by atoms with Gasteiger partial charge in [0.15, 0.2) is 4.80 Å². The zero-order valence-corrected chi connectivity index (χ0v) is 21.6. The molecule has 184 valence electrons. The number of hydrogen-bond acceptors (Lipinski definition) is 5. The van der Waals surface area contributed by atoms with Gasteiger partial charge in [-0.1, -0.05) is 72.0 Å². The van der Waals surface area contributed by atoms with E-state index >= 15 is 0 Å². The molecule has 2 aromatic heterocycles. The lowest BCUT2D eigenvalue weighted by Gasteiger charge is -2.25. The maximum Gasteiger partial charge on any atom is 0.338 e. The van der Waals surface area contributed by atoms with Gasteiger partial charge in [0.2, 0.25) is 0 Å². The Morgan fingerprint density at radius 2 is 1.78 bits per heavy atom. The van der Waals surface area contributed by atoms with Gasteiger partial charge in [-0.2, -0.15) is 0 Å². The predicted molar refractivity (Wildman–Crippen MR) is 147 cm³/mol. The molecule has 1 unspecified atom stereocenters. The number of nitrogens with zero attached hydrogens (tertiary/aromatic N) is 3. The van der Waals surface area contributed by atoms with E-state index in [-0.39, 0.29) is 12.2 Å². The quantitative estimate of drug-likeness (QED) is 0.338. The van der Waals surface area contributed by atoms with Crippen molar-refractivity contribution in [2.75, 3.05) is 6.61 Å². The Bertz CT molecular complexity index is 1920. The van der Waals surface area contributed by atoms with Gasteiger partial charge in [-0.25, -0.2) is 9.79 Å². The monoisotopic (exact) mass is 507 g/mol. The normalized spacial score (nSPS) is 15.8. The lowest BCUT2D eigenvalue weighted by Crippen LogP contribution is -2.40. The second kappa shape index (κ2) is 9.01. The average Bonchev–Trinajstić information content (AvgIpc) is 3.38. The molecule has 0 amide bonds. The molecule has 0 saturated heterocycles. The van der Waals surface area contributed by atoms with Crippen molar-refractivity contribution in [1.29, 1.82) is 0 Å². The number of carbonyl (C=O) groups excluding carboxylic acids is 1. The SMILES string of the molecule is CCOC(=O)C1=C(C)N=c2s/c(=C\c3cn(C)c4ccccc34)c(=O)n2C1c1cccc2ccccc12. The van der Waals surface area contributed by atoms with Gasteiger partial charge in [0.1, 0.15) is 0 Å². The summed E-state index contributed by atoms with van der Waals surface area (Å²) in [6, 6.07) is 21.4. The molecule has 5 aromatic rings. The first-order valence-electron chi connectivity index (χ1n) is 12.2. The predicted octanol–water partition coefficient (Wildman–Crippen LogP) is 4.44. The number of fused-ring (bicyclic) bond motifs is 3. The molecule has 0 fully saturated rings. The number of para-hydroxylation sites is 1.